The Morgan fingerprint density at radius 2 is 1.91 bits per heavy atom. The molecule has 2 aliphatic rings. The summed E-state index contributed by atoms with van der Waals surface area (Å²) in [5.74, 6) is -1.60. The summed E-state index contributed by atoms with van der Waals surface area (Å²) in [5, 5.41) is 22.1. The highest BCUT2D eigenvalue weighted by Gasteiger charge is 2.48. The van der Waals surface area contributed by atoms with E-state index in [9.17, 15) is 13.9 Å². The Balaban J connectivity index is 1.67. The molecule has 1 spiro atoms. The van der Waals surface area contributed by atoms with E-state index in [0.717, 1.165) is 37.8 Å². The van der Waals surface area contributed by atoms with Crippen LogP contribution in [0.3, 0.4) is 0 Å². The number of anilines is 1. The van der Waals surface area contributed by atoms with Gasteiger partial charge in [-0.25, -0.2) is 8.78 Å². The van der Waals surface area contributed by atoms with Crippen LogP contribution in [0, 0.1) is 34.3 Å². The van der Waals surface area contributed by atoms with Crippen molar-refractivity contribution in [3.8, 4) is 6.07 Å². The number of hydrogen-bond acceptors (Lipinski definition) is 4. The van der Waals surface area contributed by atoms with Gasteiger partial charge in [0.1, 0.15) is 5.69 Å². The fraction of sp³-hybridized carbons (Fsp3) is 0.588. The van der Waals surface area contributed by atoms with Crippen LogP contribution in [0.2, 0.25) is 0 Å². The zero-order valence-corrected chi connectivity index (χ0v) is 12.8. The number of benzene rings is 1. The maximum atomic E-state index is 13.9. The summed E-state index contributed by atoms with van der Waals surface area (Å²) < 4.78 is 33.1. The Morgan fingerprint density at radius 3 is 2.52 bits per heavy atom. The minimum atomic E-state index is -0.783. The molecule has 2 N–H and O–H groups in total. The molecule has 4 nitrogen and oxygen atoms in total. The Kier molecular flexibility index (Phi) is 4.51. The molecule has 1 saturated carbocycles. The lowest BCUT2D eigenvalue weighted by atomic mass is 9.76. The van der Waals surface area contributed by atoms with Crippen LogP contribution in [0.4, 0.5) is 14.5 Å². The molecule has 124 valence electrons. The largest absolute Gasteiger partial charge is 0.392 e. The first-order chi connectivity index (χ1) is 11.1. The molecule has 1 heterocycles. The van der Waals surface area contributed by atoms with Crippen molar-refractivity contribution < 1.29 is 18.6 Å². The van der Waals surface area contributed by atoms with Gasteiger partial charge in [-0.3, -0.25) is 0 Å². The average molecular weight is 322 g/mol. The summed E-state index contributed by atoms with van der Waals surface area (Å²) in [4.78, 5) is 0. The number of aliphatic hydroxyl groups excluding tert-OH is 1. The van der Waals surface area contributed by atoms with Crippen LogP contribution in [-0.2, 0) is 4.74 Å². The number of rotatable bonds is 3. The molecule has 0 radical (unpaired) electrons. The van der Waals surface area contributed by atoms with E-state index in [2.05, 4.69) is 5.32 Å². The summed E-state index contributed by atoms with van der Waals surface area (Å²) in [6, 6.07) is 3.74. The Labute approximate surface area is 134 Å². The highest BCUT2D eigenvalue weighted by Crippen LogP contribution is 2.48. The number of aliphatic hydroxyl groups is 1. The predicted octanol–water partition coefficient (Wildman–Crippen LogP) is 2.82. The van der Waals surface area contributed by atoms with Crippen LogP contribution >= 0.6 is 0 Å². The average Bonchev–Trinajstić information content (AvgIpc) is 2.84. The fourth-order valence-electron chi connectivity index (χ4n) is 3.86. The summed E-state index contributed by atoms with van der Waals surface area (Å²) in [6.07, 6.45) is 2.94. The zero-order valence-electron chi connectivity index (χ0n) is 12.8. The predicted molar refractivity (Wildman–Crippen MR) is 80.8 cm³/mol. The second kappa shape index (κ2) is 6.42. The van der Waals surface area contributed by atoms with Gasteiger partial charge in [0, 0.05) is 31.1 Å². The smallest absolute Gasteiger partial charge is 0.150 e. The van der Waals surface area contributed by atoms with E-state index in [4.69, 9.17) is 10.00 Å². The number of hydrogen-bond donors (Lipinski definition) is 2. The SMILES string of the molecule is N#Cc1cc(F)c(NC[C@@H]2CCC3(CCOCC3)[C@@H]2O)c(F)c1. The topological polar surface area (TPSA) is 65.3 Å². The van der Waals surface area contributed by atoms with Gasteiger partial charge in [0.05, 0.1) is 17.7 Å². The van der Waals surface area contributed by atoms with Crippen molar-refractivity contribution in [2.75, 3.05) is 25.1 Å². The van der Waals surface area contributed by atoms with Crippen LogP contribution in [-0.4, -0.2) is 31.0 Å². The van der Waals surface area contributed by atoms with E-state index in [1.165, 1.54) is 0 Å². The van der Waals surface area contributed by atoms with Crippen molar-refractivity contribution >= 4 is 5.69 Å². The number of halogens is 2. The molecule has 0 amide bonds. The molecule has 1 aliphatic heterocycles. The molecule has 1 aromatic carbocycles. The third-order valence-corrected chi connectivity index (χ3v) is 5.29. The summed E-state index contributed by atoms with van der Waals surface area (Å²) in [5.41, 5.74) is -0.386. The van der Waals surface area contributed by atoms with Gasteiger partial charge in [0.25, 0.3) is 0 Å². The third-order valence-electron chi connectivity index (χ3n) is 5.29. The molecule has 2 atom stereocenters. The van der Waals surface area contributed by atoms with E-state index in [1.807, 2.05) is 0 Å². The van der Waals surface area contributed by atoms with Crippen molar-refractivity contribution in [3.05, 3.63) is 29.3 Å². The van der Waals surface area contributed by atoms with E-state index in [1.54, 1.807) is 6.07 Å². The van der Waals surface area contributed by atoms with Gasteiger partial charge in [-0.05, 0) is 37.8 Å². The molecule has 0 bridgehead atoms. The third kappa shape index (κ3) is 3.04. The fourth-order valence-corrected chi connectivity index (χ4v) is 3.86. The summed E-state index contributed by atoms with van der Waals surface area (Å²) >= 11 is 0. The monoisotopic (exact) mass is 322 g/mol. The first kappa shape index (κ1) is 16.2. The number of ether oxygens (including phenoxy) is 1. The molecule has 3 rings (SSSR count). The molecule has 6 heteroatoms. The minimum Gasteiger partial charge on any atom is -0.392 e. The van der Waals surface area contributed by atoms with E-state index < -0.39 is 17.7 Å². The first-order valence-corrected chi connectivity index (χ1v) is 7.94. The van der Waals surface area contributed by atoms with Gasteiger partial charge in [-0.1, -0.05) is 0 Å². The van der Waals surface area contributed by atoms with Crippen LogP contribution in [0.5, 0.6) is 0 Å². The Hall–Kier alpha value is -1.71. The molecule has 1 aromatic rings. The Morgan fingerprint density at radius 1 is 1.26 bits per heavy atom. The number of nitrogens with one attached hydrogen (secondary N) is 1. The lowest BCUT2D eigenvalue weighted by Gasteiger charge is -2.37. The summed E-state index contributed by atoms with van der Waals surface area (Å²) in [7, 11) is 0. The normalized spacial score (nSPS) is 26.2. The highest BCUT2D eigenvalue weighted by atomic mass is 19.1. The van der Waals surface area contributed by atoms with Gasteiger partial charge in [0.2, 0.25) is 0 Å². The molecule has 1 saturated heterocycles. The van der Waals surface area contributed by atoms with Crippen LogP contribution in [0.1, 0.15) is 31.2 Å². The lowest BCUT2D eigenvalue weighted by Crippen LogP contribution is -2.40. The molecule has 1 aliphatic carbocycles. The quantitative estimate of drug-likeness (QED) is 0.898. The maximum Gasteiger partial charge on any atom is 0.150 e. The highest BCUT2D eigenvalue weighted by molar-refractivity contribution is 5.50. The molecule has 0 unspecified atom stereocenters. The van der Waals surface area contributed by atoms with Gasteiger partial charge in [-0.15, -0.1) is 0 Å². The Bertz CT molecular complexity index is 601. The van der Waals surface area contributed by atoms with Gasteiger partial charge < -0.3 is 15.2 Å². The zero-order chi connectivity index (χ0) is 16.4. The van der Waals surface area contributed by atoms with E-state index in [-0.39, 0.29) is 22.6 Å². The number of nitrogens with zero attached hydrogens (tertiary/aromatic N) is 1. The second-order valence-electron chi connectivity index (χ2n) is 6.53. The van der Waals surface area contributed by atoms with E-state index in [0.29, 0.717) is 19.8 Å². The first-order valence-electron chi connectivity index (χ1n) is 7.94. The van der Waals surface area contributed by atoms with Crippen molar-refractivity contribution in [1.82, 2.24) is 0 Å². The molecule has 2 fully saturated rings. The van der Waals surface area contributed by atoms with Crippen LogP contribution in [0.25, 0.3) is 0 Å². The van der Waals surface area contributed by atoms with E-state index >= 15 is 0 Å². The van der Waals surface area contributed by atoms with Crippen LogP contribution in [0.15, 0.2) is 12.1 Å². The van der Waals surface area contributed by atoms with Gasteiger partial charge in [-0.2, -0.15) is 5.26 Å². The molecular formula is C17H20F2N2O2. The van der Waals surface area contributed by atoms with Gasteiger partial charge in [0.15, 0.2) is 11.6 Å². The second-order valence-corrected chi connectivity index (χ2v) is 6.53. The molecular weight excluding hydrogens is 302 g/mol. The minimum absolute atomic E-state index is 0.0393. The summed E-state index contributed by atoms with van der Waals surface area (Å²) in [6.45, 7) is 1.63. The van der Waals surface area contributed by atoms with Crippen molar-refractivity contribution in [1.29, 1.82) is 5.26 Å². The molecule has 23 heavy (non-hydrogen) atoms. The lowest BCUT2D eigenvalue weighted by molar-refractivity contribution is -0.0545. The van der Waals surface area contributed by atoms with Crippen LogP contribution < -0.4 is 5.32 Å². The van der Waals surface area contributed by atoms with Gasteiger partial charge >= 0.3 is 0 Å². The maximum absolute atomic E-state index is 13.9. The standard InChI is InChI=1S/C17H20F2N2O2/c18-13-7-11(9-20)8-14(19)15(13)21-10-12-1-2-17(16(12)22)3-5-23-6-4-17/h7-8,12,16,21-22H,1-6,10H2/t12-,16+/m0/s1. The molecule has 0 aromatic heterocycles. The van der Waals surface area contributed by atoms with Crippen molar-refractivity contribution in [3.63, 3.8) is 0 Å². The van der Waals surface area contributed by atoms with Crippen molar-refractivity contribution in [2.45, 2.75) is 31.8 Å². The van der Waals surface area contributed by atoms with Crippen molar-refractivity contribution in [2.24, 2.45) is 11.3 Å². The number of nitriles is 1.